The van der Waals surface area contributed by atoms with Crippen LogP contribution in [0.3, 0.4) is 0 Å². The lowest BCUT2D eigenvalue weighted by atomic mass is 9.95. The van der Waals surface area contributed by atoms with Crippen molar-refractivity contribution in [1.82, 2.24) is 4.98 Å². The van der Waals surface area contributed by atoms with Crippen molar-refractivity contribution in [2.75, 3.05) is 4.90 Å². The van der Waals surface area contributed by atoms with Crippen molar-refractivity contribution >= 4 is 49.8 Å². The fourth-order valence-electron chi connectivity index (χ4n) is 4.03. The van der Waals surface area contributed by atoms with Crippen LogP contribution in [0, 0.1) is 17.0 Å². The molecule has 34 heavy (non-hydrogen) atoms. The van der Waals surface area contributed by atoms with Crippen LogP contribution >= 0.6 is 11.3 Å². The monoisotopic (exact) mass is 471 g/mol. The molecule has 1 N–H and O–H groups in total. The van der Waals surface area contributed by atoms with Crippen LogP contribution in [0.15, 0.2) is 78.4 Å². The number of hydrogen-bond donors (Lipinski definition) is 1. The Morgan fingerprint density at radius 2 is 1.82 bits per heavy atom. The minimum atomic E-state index is -1.08. The number of aliphatic hydroxyl groups excluding tert-OH is 1. The number of ketones is 1. The topological polar surface area (TPSA) is 114 Å². The van der Waals surface area contributed by atoms with E-state index in [0.717, 1.165) is 10.3 Å². The maximum atomic E-state index is 13.3. The Morgan fingerprint density at radius 1 is 1.06 bits per heavy atom. The highest BCUT2D eigenvalue weighted by Crippen LogP contribution is 2.44. The van der Waals surface area contributed by atoms with E-state index < -0.39 is 22.7 Å². The predicted molar refractivity (Wildman–Crippen MR) is 129 cm³/mol. The molecule has 1 aromatic heterocycles. The Balaban J connectivity index is 1.75. The molecule has 0 radical (unpaired) electrons. The van der Waals surface area contributed by atoms with Gasteiger partial charge in [-0.2, -0.15) is 0 Å². The van der Waals surface area contributed by atoms with Crippen LogP contribution in [0.4, 0.5) is 10.8 Å². The summed E-state index contributed by atoms with van der Waals surface area (Å²) >= 11 is 1.24. The molecule has 0 bridgehead atoms. The number of carbonyl (C=O) groups is 2. The summed E-state index contributed by atoms with van der Waals surface area (Å²) in [6.45, 7) is 1.94. The summed E-state index contributed by atoms with van der Waals surface area (Å²) in [7, 11) is 0. The second-order valence-electron chi connectivity index (χ2n) is 7.85. The molecule has 2 heterocycles. The number of aromatic nitrogens is 1. The minimum Gasteiger partial charge on any atom is -0.507 e. The molecule has 3 aromatic carbocycles. The summed E-state index contributed by atoms with van der Waals surface area (Å²) < 4.78 is 0.831. The number of anilines is 1. The van der Waals surface area contributed by atoms with Crippen LogP contribution < -0.4 is 4.90 Å². The normalized spacial score (nSPS) is 17.4. The zero-order chi connectivity index (χ0) is 24.0. The third-order valence-electron chi connectivity index (χ3n) is 5.63. The quantitative estimate of drug-likeness (QED) is 0.145. The van der Waals surface area contributed by atoms with Gasteiger partial charge < -0.3 is 5.11 Å². The highest BCUT2D eigenvalue weighted by molar-refractivity contribution is 7.22. The van der Waals surface area contributed by atoms with E-state index in [1.165, 1.54) is 34.4 Å². The first-order chi connectivity index (χ1) is 16.3. The molecule has 1 aliphatic rings. The number of amides is 1. The lowest BCUT2D eigenvalue weighted by Gasteiger charge is -2.22. The van der Waals surface area contributed by atoms with Gasteiger partial charge in [-0.05, 0) is 30.2 Å². The largest absolute Gasteiger partial charge is 0.507 e. The maximum Gasteiger partial charge on any atom is 0.301 e. The number of fused-ring (bicyclic) bond motifs is 1. The van der Waals surface area contributed by atoms with E-state index in [4.69, 9.17) is 0 Å². The van der Waals surface area contributed by atoms with Crippen LogP contribution in [0.25, 0.3) is 16.0 Å². The van der Waals surface area contributed by atoms with Gasteiger partial charge in [-0.15, -0.1) is 0 Å². The Hall–Kier alpha value is -4.37. The molecule has 1 aliphatic heterocycles. The lowest BCUT2D eigenvalue weighted by molar-refractivity contribution is -0.384. The van der Waals surface area contributed by atoms with Gasteiger partial charge in [0.15, 0.2) is 5.13 Å². The van der Waals surface area contributed by atoms with Crippen LogP contribution in [0.2, 0.25) is 0 Å². The summed E-state index contributed by atoms with van der Waals surface area (Å²) in [6, 6.07) is 18.7. The molecule has 1 saturated heterocycles. The zero-order valence-corrected chi connectivity index (χ0v) is 18.7. The van der Waals surface area contributed by atoms with Crippen molar-refractivity contribution in [3.8, 4) is 0 Å². The Kier molecular flexibility index (Phi) is 5.18. The highest BCUT2D eigenvalue weighted by atomic mass is 32.1. The van der Waals surface area contributed by atoms with Crippen molar-refractivity contribution in [3.05, 3.63) is 105 Å². The SMILES string of the molecule is Cc1ccc2nc(N3C(=O)C(=O)/C(=C(/O)c4ccccc4)[C@@H]3c3cccc([N+](=O)[O-])c3)sc2c1. The Labute approximate surface area is 197 Å². The number of nitrogens with zero attached hydrogens (tertiary/aromatic N) is 3. The molecule has 4 aromatic rings. The summed E-state index contributed by atoms with van der Waals surface area (Å²) in [5, 5.41) is 22.8. The number of carbonyl (C=O) groups excluding carboxylic acids is 2. The molecule has 0 spiro atoms. The van der Waals surface area contributed by atoms with Crippen molar-refractivity contribution in [2.45, 2.75) is 13.0 Å². The molecular formula is C25H17N3O5S. The van der Waals surface area contributed by atoms with Crippen LogP contribution in [-0.4, -0.2) is 26.7 Å². The maximum absolute atomic E-state index is 13.3. The molecule has 1 fully saturated rings. The van der Waals surface area contributed by atoms with Gasteiger partial charge in [0.05, 0.1) is 26.8 Å². The summed E-state index contributed by atoms with van der Waals surface area (Å²) in [5.41, 5.74) is 2.02. The van der Waals surface area contributed by atoms with Crippen molar-refractivity contribution in [2.24, 2.45) is 0 Å². The van der Waals surface area contributed by atoms with E-state index in [9.17, 15) is 24.8 Å². The van der Waals surface area contributed by atoms with Gasteiger partial charge in [-0.25, -0.2) is 4.98 Å². The van der Waals surface area contributed by atoms with Gasteiger partial charge in [0, 0.05) is 17.7 Å². The molecule has 5 rings (SSSR count). The first kappa shape index (κ1) is 21.5. The molecule has 168 valence electrons. The molecule has 1 atom stereocenters. The number of aliphatic hydroxyl groups is 1. The molecule has 0 aliphatic carbocycles. The van der Waals surface area contributed by atoms with E-state index >= 15 is 0 Å². The number of nitro groups is 1. The third kappa shape index (κ3) is 3.52. The lowest BCUT2D eigenvalue weighted by Crippen LogP contribution is -2.29. The second kappa shape index (κ2) is 8.20. The fraction of sp³-hybridized carbons (Fsp3) is 0.0800. The van der Waals surface area contributed by atoms with Gasteiger partial charge in [0.25, 0.3) is 11.5 Å². The molecule has 0 unspecified atom stereocenters. The summed E-state index contributed by atoms with van der Waals surface area (Å²) in [6.07, 6.45) is 0. The van der Waals surface area contributed by atoms with Crippen molar-refractivity contribution < 1.29 is 19.6 Å². The van der Waals surface area contributed by atoms with Gasteiger partial charge in [0.2, 0.25) is 0 Å². The van der Waals surface area contributed by atoms with Crippen LogP contribution in [-0.2, 0) is 9.59 Å². The van der Waals surface area contributed by atoms with E-state index in [1.54, 1.807) is 36.4 Å². The first-order valence-corrected chi connectivity index (χ1v) is 11.1. The van der Waals surface area contributed by atoms with E-state index in [1.807, 2.05) is 25.1 Å². The number of rotatable bonds is 4. The molecule has 9 heteroatoms. The zero-order valence-electron chi connectivity index (χ0n) is 17.8. The van der Waals surface area contributed by atoms with Gasteiger partial charge in [-0.1, -0.05) is 59.9 Å². The smallest absolute Gasteiger partial charge is 0.301 e. The molecule has 8 nitrogen and oxygen atoms in total. The van der Waals surface area contributed by atoms with E-state index in [0.29, 0.717) is 16.6 Å². The Bertz CT molecular complexity index is 1510. The average Bonchev–Trinajstić information content (AvgIpc) is 3.37. The number of benzene rings is 3. The van der Waals surface area contributed by atoms with Crippen molar-refractivity contribution in [1.29, 1.82) is 0 Å². The molecule has 1 amide bonds. The van der Waals surface area contributed by atoms with E-state index in [2.05, 4.69) is 4.98 Å². The summed E-state index contributed by atoms with van der Waals surface area (Å²) in [5.74, 6) is -2.09. The number of aryl methyl sites for hydroxylation is 1. The van der Waals surface area contributed by atoms with Crippen LogP contribution in [0.5, 0.6) is 0 Å². The standard InChI is InChI=1S/C25H17N3O5S/c1-14-10-11-18-19(12-14)34-25(26-18)27-21(16-8-5-9-17(13-16)28(32)33)20(23(30)24(27)31)22(29)15-6-3-2-4-7-15/h2-13,21,29H,1H3/b22-20+/t21-/m0/s1. The van der Waals surface area contributed by atoms with Gasteiger partial charge in [-0.3, -0.25) is 24.6 Å². The van der Waals surface area contributed by atoms with Gasteiger partial charge in [0.1, 0.15) is 5.76 Å². The number of hydrogen-bond acceptors (Lipinski definition) is 7. The Morgan fingerprint density at radius 3 is 2.56 bits per heavy atom. The fourth-order valence-corrected chi connectivity index (χ4v) is 5.12. The number of nitro benzene ring substituents is 1. The van der Waals surface area contributed by atoms with Gasteiger partial charge >= 0.3 is 5.91 Å². The number of Topliss-reactive ketones (excluding diaryl/α,β-unsaturated/α-hetero) is 1. The van der Waals surface area contributed by atoms with Crippen molar-refractivity contribution in [3.63, 3.8) is 0 Å². The predicted octanol–water partition coefficient (Wildman–Crippen LogP) is 5.14. The first-order valence-electron chi connectivity index (χ1n) is 10.3. The summed E-state index contributed by atoms with van der Waals surface area (Å²) in [4.78, 5) is 43.1. The second-order valence-corrected chi connectivity index (χ2v) is 8.86. The van der Waals surface area contributed by atoms with E-state index in [-0.39, 0.29) is 22.2 Å². The number of thiazole rings is 1. The molecule has 0 saturated carbocycles. The highest BCUT2D eigenvalue weighted by Gasteiger charge is 2.48. The average molecular weight is 471 g/mol. The third-order valence-corrected chi connectivity index (χ3v) is 6.64. The van der Waals surface area contributed by atoms with Crippen LogP contribution in [0.1, 0.15) is 22.7 Å². The minimum absolute atomic E-state index is 0.146. The molecular weight excluding hydrogens is 454 g/mol. The number of non-ortho nitro benzene ring substituents is 1.